The summed E-state index contributed by atoms with van der Waals surface area (Å²) in [4.78, 5) is 0. The fourth-order valence-electron chi connectivity index (χ4n) is 2.94. The molecule has 0 saturated carbocycles. The molecule has 2 unspecified atom stereocenters. The Morgan fingerprint density at radius 2 is 1.28 bits per heavy atom. The van der Waals surface area contributed by atoms with Crippen LogP contribution < -0.4 is 9.47 Å². The molecule has 2 nitrogen and oxygen atoms in total. The lowest BCUT2D eigenvalue weighted by atomic mass is 10.1. The first-order valence-electron chi connectivity index (χ1n) is 10.2. The van der Waals surface area contributed by atoms with Crippen LogP contribution in [-0.4, -0.2) is 12.2 Å². The summed E-state index contributed by atoms with van der Waals surface area (Å²) in [6.07, 6.45) is 12.9. The quantitative estimate of drug-likeness (QED) is 0.288. The topological polar surface area (TPSA) is 18.5 Å². The molecule has 1 aromatic carbocycles. The molecule has 144 valence electrons. The van der Waals surface area contributed by atoms with Crippen LogP contribution in [0.5, 0.6) is 11.5 Å². The summed E-state index contributed by atoms with van der Waals surface area (Å²) in [5.74, 6) is 1.73. The molecule has 3 heteroatoms. The van der Waals surface area contributed by atoms with Crippen molar-refractivity contribution in [3.05, 3.63) is 22.7 Å². The van der Waals surface area contributed by atoms with Gasteiger partial charge in [0.2, 0.25) is 0 Å². The summed E-state index contributed by atoms with van der Waals surface area (Å²) in [6, 6.07) is 6.07. The van der Waals surface area contributed by atoms with Crippen molar-refractivity contribution in [2.75, 3.05) is 0 Å². The smallest absolute Gasteiger partial charge is 0.162 e. The second kappa shape index (κ2) is 13.5. The molecule has 0 bridgehead atoms. The van der Waals surface area contributed by atoms with Crippen molar-refractivity contribution in [3.8, 4) is 11.5 Å². The lowest BCUT2D eigenvalue weighted by Crippen LogP contribution is -2.15. The highest BCUT2D eigenvalue weighted by atomic mass is 79.9. The molecule has 0 radical (unpaired) electrons. The lowest BCUT2D eigenvalue weighted by Gasteiger charge is -2.21. The molecule has 0 heterocycles. The van der Waals surface area contributed by atoms with Gasteiger partial charge in [0.25, 0.3) is 0 Å². The maximum absolute atomic E-state index is 6.20. The van der Waals surface area contributed by atoms with Crippen molar-refractivity contribution in [2.24, 2.45) is 0 Å². The number of hydrogen-bond acceptors (Lipinski definition) is 2. The van der Waals surface area contributed by atoms with Crippen molar-refractivity contribution >= 4 is 15.9 Å². The van der Waals surface area contributed by atoms with E-state index in [-0.39, 0.29) is 12.2 Å². The van der Waals surface area contributed by atoms with E-state index < -0.39 is 0 Å². The Balaban J connectivity index is 2.53. The van der Waals surface area contributed by atoms with Crippen LogP contribution in [0.25, 0.3) is 0 Å². The minimum atomic E-state index is 0.216. The van der Waals surface area contributed by atoms with Gasteiger partial charge in [-0.05, 0) is 57.7 Å². The summed E-state index contributed by atoms with van der Waals surface area (Å²) in [5.41, 5.74) is 0. The van der Waals surface area contributed by atoms with Crippen LogP contribution in [0.3, 0.4) is 0 Å². The molecule has 0 aliphatic rings. The van der Waals surface area contributed by atoms with Gasteiger partial charge in [-0.25, -0.2) is 0 Å². The van der Waals surface area contributed by atoms with E-state index >= 15 is 0 Å². The summed E-state index contributed by atoms with van der Waals surface area (Å²) >= 11 is 3.55. The van der Waals surface area contributed by atoms with Gasteiger partial charge in [0, 0.05) is 4.47 Å². The number of halogens is 1. The largest absolute Gasteiger partial charge is 0.487 e. The molecule has 0 saturated heterocycles. The predicted molar refractivity (Wildman–Crippen MR) is 112 cm³/mol. The third-order valence-corrected chi connectivity index (χ3v) is 4.98. The number of ether oxygens (including phenoxy) is 2. The molecule has 1 rings (SSSR count). The average molecular weight is 413 g/mol. The Hall–Kier alpha value is -0.700. The van der Waals surface area contributed by atoms with Gasteiger partial charge in [0.1, 0.15) is 0 Å². The Kier molecular flexibility index (Phi) is 12.1. The third kappa shape index (κ3) is 10.1. The highest BCUT2D eigenvalue weighted by Crippen LogP contribution is 2.33. The minimum Gasteiger partial charge on any atom is -0.487 e. The van der Waals surface area contributed by atoms with Gasteiger partial charge < -0.3 is 9.47 Å². The Morgan fingerprint density at radius 1 is 0.760 bits per heavy atom. The fraction of sp³-hybridized carbons (Fsp3) is 0.727. The standard InChI is InChI=1S/C22H37BrO2/c1-5-7-9-11-13-18(3)24-21-16-15-20(23)17-22(21)25-19(4)14-12-10-8-6-2/h15-19H,5-14H2,1-4H3. The van der Waals surface area contributed by atoms with E-state index in [1.54, 1.807) is 0 Å². The van der Waals surface area contributed by atoms with E-state index in [2.05, 4.69) is 43.6 Å². The van der Waals surface area contributed by atoms with E-state index in [0.29, 0.717) is 0 Å². The van der Waals surface area contributed by atoms with Crippen molar-refractivity contribution in [2.45, 2.75) is 104 Å². The van der Waals surface area contributed by atoms with Gasteiger partial charge in [-0.15, -0.1) is 0 Å². The summed E-state index contributed by atoms with van der Waals surface area (Å²) < 4.78 is 13.4. The van der Waals surface area contributed by atoms with Crippen LogP contribution in [0.2, 0.25) is 0 Å². The van der Waals surface area contributed by atoms with E-state index in [9.17, 15) is 0 Å². The molecule has 1 aromatic rings. The van der Waals surface area contributed by atoms with Crippen molar-refractivity contribution in [3.63, 3.8) is 0 Å². The molecule has 0 N–H and O–H groups in total. The van der Waals surface area contributed by atoms with Gasteiger partial charge in [0.15, 0.2) is 11.5 Å². The SMILES string of the molecule is CCCCCCC(C)Oc1ccc(Br)cc1OC(C)CCCCCC. The minimum absolute atomic E-state index is 0.216. The molecule has 0 aliphatic heterocycles. The monoisotopic (exact) mass is 412 g/mol. The molecular weight excluding hydrogens is 376 g/mol. The average Bonchev–Trinajstić information content (AvgIpc) is 2.58. The summed E-state index contributed by atoms with van der Waals surface area (Å²) in [7, 11) is 0. The van der Waals surface area contributed by atoms with Crippen LogP contribution in [0, 0.1) is 0 Å². The summed E-state index contributed by atoms with van der Waals surface area (Å²) in [5, 5.41) is 0. The van der Waals surface area contributed by atoms with Crippen LogP contribution in [0.1, 0.15) is 91.9 Å². The van der Waals surface area contributed by atoms with E-state index in [1.165, 1.54) is 51.4 Å². The van der Waals surface area contributed by atoms with Gasteiger partial charge >= 0.3 is 0 Å². The maximum Gasteiger partial charge on any atom is 0.162 e. The van der Waals surface area contributed by atoms with Crippen LogP contribution in [-0.2, 0) is 0 Å². The molecule has 2 atom stereocenters. The molecular formula is C22H37BrO2. The second-order valence-electron chi connectivity index (χ2n) is 7.15. The van der Waals surface area contributed by atoms with Crippen LogP contribution >= 0.6 is 15.9 Å². The molecule has 0 spiro atoms. The van der Waals surface area contributed by atoms with Crippen molar-refractivity contribution in [1.29, 1.82) is 0 Å². The highest BCUT2D eigenvalue weighted by molar-refractivity contribution is 9.10. The Labute approximate surface area is 163 Å². The molecule has 0 fully saturated rings. The maximum atomic E-state index is 6.20. The van der Waals surface area contributed by atoms with Crippen LogP contribution in [0.15, 0.2) is 22.7 Å². The van der Waals surface area contributed by atoms with Gasteiger partial charge in [-0.1, -0.05) is 68.3 Å². The Bertz CT molecular complexity index is 461. The number of benzene rings is 1. The molecule has 0 aromatic heterocycles. The zero-order valence-corrected chi connectivity index (χ0v) is 18.2. The number of rotatable bonds is 14. The van der Waals surface area contributed by atoms with E-state index in [0.717, 1.165) is 28.8 Å². The fourth-order valence-corrected chi connectivity index (χ4v) is 3.28. The van der Waals surface area contributed by atoms with Crippen molar-refractivity contribution < 1.29 is 9.47 Å². The second-order valence-corrected chi connectivity index (χ2v) is 8.06. The van der Waals surface area contributed by atoms with E-state index in [1.807, 2.05) is 18.2 Å². The first kappa shape index (κ1) is 22.3. The zero-order chi connectivity index (χ0) is 18.5. The molecule has 25 heavy (non-hydrogen) atoms. The Morgan fingerprint density at radius 3 is 1.80 bits per heavy atom. The molecule has 0 amide bonds. The first-order valence-corrected chi connectivity index (χ1v) is 11.0. The van der Waals surface area contributed by atoms with Gasteiger partial charge in [-0.3, -0.25) is 0 Å². The van der Waals surface area contributed by atoms with Gasteiger partial charge in [-0.2, -0.15) is 0 Å². The predicted octanol–water partition coefficient (Wildman–Crippen LogP) is 7.92. The number of hydrogen-bond donors (Lipinski definition) is 0. The van der Waals surface area contributed by atoms with Gasteiger partial charge in [0.05, 0.1) is 12.2 Å². The lowest BCUT2D eigenvalue weighted by molar-refractivity contribution is 0.168. The zero-order valence-electron chi connectivity index (χ0n) is 16.7. The van der Waals surface area contributed by atoms with E-state index in [4.69, 9.17) is 9.47 Å². The third-order valence-electron chi connectivity index (χ3n) is 4.49. The highest BCUT2D eigenvalue weighted by Gasteiger charge is 2.13. The normalized spacial score (nSPS) is 13.5. The van der Waals surface area contributed by atoms with Crippen molar-refractivity contribution in [1.82, 2.24) is 0 Å². The molecule has 0 aliphatic carbocycles. The van der Waals surface area contributed by atoms with Crippen LogP contribution in [0.4, 0.5) is 0 Å². The first-order chi connectivity index (χ1) is 12.1. The summed E-state index contributed by atoms with van der Waals surface area (Å²) in [6.45, 7) is 8.81. The number of unbranched alkanes of at least 4 members (excludes halogenated alkanes) is 6.